The number of esters is 1. The van der Waals surface area contributed by atoms with Gasteiger partial charge in [-0.2, -0.15) is 0 Å². The summed E-state index contributed by atoms with van der Waals surface area (Å²) in [5.41, 5.74) is 4.87. The molecule has 0 aliphatic carbocycles. The highest BCUT2D eigenvalue weighted by molar-refractivity contribution is 6.37. The number of halogens is 2. The molecule has 1 aromatic rings. The average molecular weight is 249 g/mol. The molecular formula is C7H6Cl2N4O2. The highest BCUT2D eigenvalue weighted by Gasteiger charge is 2.18. The van der Waals surface area contributed by atoms with Crippen LogP contribution in [0.25, 0.3) is 0 Å². The van der Waals surface area contributed by atoms with E-state index in [1.54, 1.807) is 0 Å². The summed E-state index contributed by atoms with van der Waals surface area (Å²) in [5, 5.41) is 6.65. The third kappa shape index (κ3) is 3.03. The molecule has 0 radical (unpaired) electrons. The molecule has 0 fully saturated rings. The molecule has 0 aromatic carbocycles. The number of amidine groups is 1. The lowest BCUT2D eigenvalue weighted by molar-refractivity contribution is 0.0561. The summed E-state index contributed by atoms with van der Waals surface area (Å²) in [7, 11) is 0. The summed E-state index contributed by atoms with van der Waals surface area (Å²) in [5.74, 6) is -1.10. The normalized spacial score (nSPS) is 9.73. The molecule has 0 aliphatic rings. The van der Waals surface area contributed by atoms with Crippen LogP contribution < -0.4 is 5.73 Å². The van der Waals surface area contributed by atoms with Gasteiger partial charge in [-0.3, -0.25) is 5.41 Å². The second-order valence-corrected chi connectivity index (χ2v) is 3.15. The monoisotopic (exact) mass is 248 g/mol. The van der Waals surface area contributed by atoms with Crippen molar-refractivity contribution in [2.45, 2.75) is 0 Å². The number of hydrogen-bond acceptors (Lipinski definition) is 5. The van der Waals surface area contributed by atoms with E-state index in [-0.39, 0.29) is 28.3 Å². The first-order valence-electron chi connectivity index (χ1n) is 3.68. The molecule has 0 amide bonds. The maximum atomic E-state index is 11.4. The summed E-state index contributed by atoms with van der Waals surface area (Å²) in [6.07, 6.45) is 1.12. The van der Waals surface area contributed by atoms with Crippen molar-refractivity contribution in [3.05, 3.63) is 22.2 Å². The van der Waals surface area contributed by atoms with Crippen molar-refractivity contribution in [1.82, 2.24) is 9.97 Å². The molecule has 0 unspecified atom stereocenters. The first-order chi connectivity index (χ1) is 7.02. The van der Waals surface area contributed by atoms with E-state index >= 15 is 0 Å². The molecule has 0 bridgehead atoms. The fourth-order valence-corrected chi connectivity index (χ4v) is 1.20. The summed E-state index contributed by atoms with van der Waals surface area (Å²) in [4.78, 5) is 18.5. The molecule has 1 heterocycles. The molecule has 1 aromatic heterocycles. The fourth-order valence-electron chi connectivity index (χ4n) is 0.728. The molecular weight excluding hydrogens is 243 g/mol. The number of nitrogens with one attached hydrogen (secondary N) is 1. The number of nitrogens with zero attached hydrogens (tertiary/aromatic N) is 2. The van der Waals surface area contributed by atoms with Gasteiger partial charge in [-0.1, -0.05) is 23.2 Å². The van der Waals surface area contributed by atoms with Gasteiger partial charge in [0, 0.05) is 0 Å². The van der Waals surface area contributed by atoms with Crippen LogP contribution in [0.4, 0.5) is 0 Å². The van der Waals surface area contributed by atoms with E-state index in [4.69, 9.17) is 34.3 Å². The molecule has 1 rings (SSSR count). The van der Waals surface area contributed by atoms with Crippen LogP contribution in [0.2, 0.25) is 10.3 Å². The zero-order chi connectivity index (χ0) is 11.4. The van der Waals surface area contributed by atoms with Gasteiger partial charge in [-0.05, 0) is 0 Å². The Balaban J connectivity index is 2.86. The lowest BCUT2D eigenvalue weighted by atomic mass is 10.3. The number of hydrogen-bond donors (Lipinski definition) is 2. The van der Waals surface area contributed by atoms with E-state index in [2.05, 4.69) is 14.7 Å². The number of carbonyl (C=O) groups is 1. The average Bonchev–Trinajstić information content (AvgIpc) is 2.14. The van der Waals surface area contributed by atoms with Crippen LogP contribution in [0.3, 0.4) is 0 Å². The molecule has 6 nitrogen and oxygen atoms in total. The Morgan fingerprint density at radius 1 is 1.47 bits per heavy atom. The van der Waals surface area contributed by atoms with Crippen molar-refractivity contribution in [2.24, 2.45) is 5.73 Å². The Labute approximate surface area is 94.9 Å². The largest absolute Gasteiger partial charge is 0.454 e. The number of ether oxygens (including phenoxy) is 1. The predicted octanol–water partition coefficient (Wildman–Crippen LogP) is 0.876. The minimum absolute atomic E-state index is 0.108. The van der Waals surface area contributed by atoms with E-state index in [0.29, 0.717) is 0 Å². The van der Waals surface area contributed by atoms with Crippen molar-refractivity contribution in [3.63, 3.8) is 0 Å². The van der Waals surface area contributed by atoms with Crippen molar-refractivity contribution >= 4 is 35.0 Å². The maximum absolute atomic E-state index is 11.4. The second-order valence-electron chi connectivity index (χ2n) is 2.43. The lowest BCUT2D eigenvalue weighted by Crippen LogP contribution is -2.20. The molecule has 3 N–H and O–H groups in total. The van der Waals surface area contributed by atoms with Gasteiger partial charge in [0.1, 0.15) is 34.6 Å². The van der Waals surface area contributed by atoms with Crippen molar-refractivity contribution < 1.29 is 9.53 Å². The van der Waals surface area contributed by atoms with Crippen LogP contribution >= 0.6 is 23.2 Å². The topological polar surface area (TPSA) is 102 Å². The first kappa shape index (κ1) is 11.7. The predicted molar refractivity (Wildman–Crippen MR) is 54.2 cm³/mol. The van der Waals surface area contributed by atoms with E-state index in [9.17, 15) is 4.79 Å². The van der Waals surface area contributed by atoms with Gasteiger partial charge in [0.2, 0.25) is 0 Å². The van der Waals surface area contributed by atoms with Crippen LogP contribution in [0, 0.1) is 5.41 Å². The van der Waals surface area contributed by atoms with E-state index in [1.165, 1.54) is 0 Å². The molecule has 0 spiro atoms. The lowest BCUT2D eigenvalue weighted by Gasteiger charge is -2.05. The van der Waals surface area contributed by atoms with E-state index in [0.717, 1.165) is 6.33 Å². The Bertz CT molecular complexity index is 390. The third-order valence-corrected chi connectivity index (χ3v) is 1.89. The first-order valence-corrected chi connectivity index (χ1v) is 4.44. The number of nitrogens with two attached hydrogens (primary N) is 1. The highest BCUT2D eigenvalue weighted by Crippen LogP contribution is 2.20. The van der Waals surface area contributed by atoms with Crippen LogP contribution in [0.1, 0.15) is 10.4 Å². The molecule has 15 heavy (non-hydrogen) atoms. The standard InChI is InChI=1S/C7H6Cl2N4O2/c8-5-4(6(9)13-2-12-5)7(14)15-1-3(10)11/h2H,1H2,(H3,10,11). The van der Waals surface area contributed by atoms with Crippen LogP contribution in [0.5, 0.6) is 0 Å². The smallest absolute Gasteiger partial charge is 0.344 e. The third-order valence-electron chi connectivity index (χ3n) is 1.32. The summed E-state index contributed by atoms with van der Waals surface area (Å²) in [6, 6.07) is 0. The summed E-state index contributed by atoms with van der Waals surface area (Å²) in [6.45, 7) is -0.333. The Hall–Kier alpha value is -1.40. The Kier molecular flexibility index (Phi) is 3.81. The van der Waals surface area contributed by atoms with Gasteiger partial charge in [0.15, 0.2) is 0 Å². The molecule has 8 heteroatoms. The molecule has 0 aliphatic heterocycles. The number of carbonyl (C=O) groups excluding carboxylic acids is 1. The highest BCUT2D eigenvalue weighted by atomic mass is 35.5. The second kappa shape index (κ2) is 4.90. The molecule has 80 valence electrons. The minimum atomic E-state index is -0.819. The van der Waals surface area contributed by atoms with Crippen LogP contribution in [-0.2, 0) is 4.74 Å². The summed E-state index contributed by atoms with van der Waals surface area (Å²) < 4.78 is 4.61. The molecule has 0 atom stereocenters. The van der Waals surface area contributed by atoms with Crippen molar-refractivity contribution in [3.8, 4) is 0 Å². The van der Waals surface area contributed by atoms with E-state index in [1.807, 2.05) is 0 Å². The maximum Gasteiger partial charge on any atom is 0.344 e. The van der Waals surface area contributed by atoms with Gasteiger partial charge >= 0.3 is 5.97 Å². The minimum Gasteiger partial charge on any atom is -0.454 e. The fraction of sp³-hybridized carbons (Fsp3) is 0.143. The zero-order valence-corrected chi connectivity index (χ0v) is 8.84. The number of aromatic nitrogens is 2. The Morgan fingerprint density at radius 2 is 2.00 bits per heavy atom. The van der Waals surface area contributed by atoms with Gasteiger partial charge < -0.3 is 10.5 Å². The summed E-state index contributed by atoms with van der Waals surface area (Å²) >= 11 is 11.2. The SMILES string of the molecule is N=C(N)COC(=O)c1c(Cl)ncnc1Cl. The Morgan fingerprint density at radius 3 is 2.47 bits per heavy atom. The van der Waals surface area contributed by atoms with Crippen LogP contribution in [0.15, 0.2) is 6.33 Å². The van der Waals surface area contributed by atoms with E-state index < -0.39 is 5.97 Å². The van der Waals surface area contributed by atoms with Crippen molar-refractivity contribution in [2.75, 3.05) is 6.61 Å². The zero-order valence-electron chi connectivity index (χ0n) is 7.33. The molecule has 0 saturated heterocycles. The van der Waals surface area contributed by atoms with Crippen molar-refractivity contribution in [1.29, 1.82) is 5.41 Å². The van der Waals surface area contributed by atoms with Gasteiger partial charge in [-0.15, -0.1) is 0 Å². The van der Waals surface area contributed by atoms with Gasteiger partial charge in [0.05, 0.1) is 0 Å². The van der Waals surface area contributed by atoms with Crippen LogP contribution in [-0.4, -0.2) is 28.4 Å². The van der Waals surface area contributed by atoms with Gasteiger partial charge in [-0.25, -0.2) is 14.8 Å². The molecule has 0 saturated carbocycles. The quantitative estimate of drug-likeness (QED) is 0.358. The number of rotatable bonds is 3. The van der Waals surface area contributed by atoms with Gasteiger partial charge in [0.25, 0.3) is 0 Å².